The molecule has 9 nitrogen and oxygen atoms in total. The summed E-state index contributed by atoms with van der Waals surface area (Å²) in [4.78, 5) is 40.4. The quantitative estimate of drug-likeness (QED) is 0.432. The number of amides is 1. The average molecular weight is 454 g/mol. The maximum atomic E-state index is 13.3. The van der Waals surface area contributed by atoms with Gasteiger partial charge in [0, 0.05) is 17.1 Å². The van der Waals surface area contributed by atoms with E-state index in [4.69, 9.17) is 4.42 Å². The molecule has 10 heteroatoms. The van der Waals surface area contributed by atoms with Crippen molar-refractivity contribution < 1.29 is 9.21 Å². The maximum Gasteiger partial charge on any atom is 0.332 e. The Morgan fingerprint density at radius 3 is 2.66 bits per heavy atom. The minimum absolute atomic E-state index is 0.0358. The first-order valence-electron chi connectivity index (χ1n) is 10.1. The summed E-state index contributed by atoms with van der Waals surface area (Å²) in [6, 6.07) is 10.8. The number of thioether (sulfide) groups is 1. The SMILES string of the molecule is CCn1nc(C)c2c1c(=O)n(Cc1ccco1)c(=O)n2CC(=O)Nc1cccc(SC)c1. The van der Waals surface area contributed by atoms with E-state index in [1.165, 1.54) is 10.8 Å². The van der Waals surface area contributed by atoms with Gasteiger partial charge in [-0.3, -0.25) is 23.4 Å². The zero-order chi connectivity index (χ0) is 22.8. The second-order valence-corrected chi connectivity index (χ2v) is 8.10. The Kier molecular flexibility index (Phi) is 6.04. The topological polar surface area (TPSA) is 104 Å². The summed E-state index contributed by atoms with van der Waals surface area (Å²) in [6.45, 7) is 3.75. The van der Waals surface area contributed by atoms with Gasteiger partial charge in [-0.2, -0.15) is 5.10 Å². The standard InChI is InChI=1S/C22H23N5O4S/c1-4-27-20-19(14(2)24-27)25(13-18(28)23-15-7-5-9-17(11-15)32-3)22(30)26(21(20)29)12-16-8-6-10-31-16/h5-11H,4,12-13H2,1-3H3,(H,23,28). The van der Waals surface area contributed by atoms with Crippen LogP contribution in [0.1, 0.15) is 18.4 Å². The highest BCUT2D eigenvalue weighted by molar-refractivity contribution is 7.98. The molecular weight excluding hydrogens is 430 g/mol. The van der Waals surface area contributed by atoms with Crippen LogP contribution in [0.4, 0.5) is 5.69 Å². The molecule has 0 aliphatic rings. The van der Waals surface area contributed by atoms with Crippen molar-refractivity contribution in [2.45, 2.75) is 38.4 Å². The Balaban J connectivity index is 1.80. The van der Waals surface area contributed by atoms with Crippen LogP contribution in [-0.4, -0.2) is 31.1 Å². The Labute approximate surface area is 187 Å². The third kappa shape index (κ3) is 4.01. The minimum atomic E-state index is -0.592. The monoisotopic (exact) mass is 453 g/mol. The molecule has 3 aromatic heterocycles. The number of aromatic nitrogens is 4. The van der Waals surface area contributed by atoms with Gasteiger partial charge in [0.25, 0.3) is 5.56 Å². The average Bonchev–Trinajstić information content (AvgIpc) is 3.41. The van der Waals surface area contributed by atoms with Gasteiger partial charge >= 0.3 is 5.69 Å². The molecule has 4 rings (SSSR count). The third-order valence-corrected chi connectivity index (χ3v) is 5.85. The Hall–Kier alpha value is -3.53. The number of anilines is 1. The van der Waals surface area contributed by atoms with Gasteiger partial charge in [-0.1, -0.05) is 6.07 Å². The molecule has 0 unspecified atom stereocenters. The molecule has 1 amide bonds. The van der Waals surface area contributed by atoms with Crippen molar-refractivity contribution in [3.63, 3.8) is 0 Å². The molecule has 0 spiro atoms. The van der Waals surface area contributed by atoms with Gasteiger partial charge < -0.3 is 9.73 Å². The fourth-order valence-corrected chi connectivity index (χ4v) is 4.14. The first kappa shape index (κ1) is 21.7. The molecule has 0 bridgehead atoms. The van der Waals surface area contributed by atoms with Crippen LogP contribution in [0.15, 0.2) is 61.6 Å². The van der Waals surface area contributed by atoms with Gasteiger partial charge in [0.15, 0.2) is 5.52 Å². The van der Waals surface area contributed by atoms with E-state index in [1.54, 1.807) is 41.6 Å². The number of fused-ring (bicyclic) bond motifs is 1. The molecule has 1 aromatic carbocycles. The van der Waals surface area contributed by atoms with Gasteiger partial charge in [0.1, 0.15) is 17.8 Å². The number of carbonyl (C=O) groups excluding carboxylic acids is 1. The number of hydrogen-bond donors (Lipinski definition) is 1. The van der Waals surface area contributed by atoms with Crippen molar-refractivity contribution in [2.24, 2.45) is 0 Å². The molecule has 0 radical (unpaired) electrons. The van der Waals surface area contributed by atoms with Crippen LogP contribution in [0.3, 0.4) is 0 Å². The number of rotatable bonds is 7. The van der Waals surface area contributed by atoms with Crippen LogP contribution in [0.5, 0.6) is 0 Å². The minimum Gasteiger partial charge on any atom is -0.467 e. The van der Waals surface area contributed by atoms with E-state index in [1.807, 2.05) is 31.4 Å². The highest BCUT2D eigenvalue weighted by atomic mass is 32.2. The maximum absolute atomic E-state index is 13.3. The van der Waals surface area contributed by atoms with Gasteiger partial charge in [0.05, 0.1) is 18.5 Å². The summed E-state index contributed by atoms with van der Waals surface area (Å²) >= 11 is 1.57. The predicted octanol–water partition coefficient (Wildman–Crippen LogP) is 2.69. The molecule has 3 heterocycles. The van der Waals surface area contributed by atoms with Crippen LogP contribution in [0.2, 0.25) is 0 Å². The van der Waals surface area contributed by atoms with Gasteiger partial charge in [0.2, 0.25) is 5.91 Å². The van der Waals surface area contributed by atoms with E-state index in [2.05, 4.69) is 10.4 Å². The van der Waals surface area contributed by atoms with Crippen LogP contribution >= 0.6 is 11.8 Å². The number of nitrogens with zero attached hydrogens (tertiary/aromatic N) is 4. The molecule has 0 fully saturated rings. The molecular formula is C22H23N5O4S. The number of aryl methyl sites for hydroxylation is 2. The van der Waals surface area contributed by atoms with Crippen LogP contribution in [0, 0.1) is 6.92 Å². The Morgan fingerprint density at radius 2 is 1.97 bits per heavy atom. The fraction of sp³-hybridized carbons (Fsp3) is 0.273. The molecule has 0 aliphatic carbocycles. The van der Waals surface area contributed by atoms with Crippen molar-refractivity contribution in [1.29, 1.82) is 0 Å². The number of furan rings is 1. The molecule has 0 atom stereocenters. The second-order valence-electron chi connectivity index (χ2n) is 7.22. The number of hydrogen-bond acceptors (Lipinski definition) is 6. The van der Waals surface area contributed by atoms with Crippen LogP contribution in [0.25, 0.3) is 11.0 Å². The van der Waals surface area contributed by atoms with Crippen molar-refractivity contribution in [2.75, 3.05) is 11.6 Å². The highest BCUT2D eigenvalue weighted by Gasteiger charge is 2.22. The largest absolute Gasteiger partial charge is 0.467 e. The van der Waals surface area contributed by atoms with Crippen molar-refractivity contribution >= 4 is 34.4 Å². The van der Waals surface area contributed by atoms with E-state index in [0.29, 0.717) is 29.2 Å². The molecule has 32 heavy (non-hydrogen) atoms. The molecule has 166 valence electrons. The smallest absolute Gasteiger partial charge is 0.332 e. The summed E-state index contributed by atoms with van der Waals surface area (Å²) in [5.74, 6) is 0.0891. The van der Waals surface area contributed by atoms with E-state index in [0.717, 1.165) is 9.46 Å². The molecule has 0 saturated heterocycles. The van der Waals surface area contributed by atoms with Crippen molar-refractivity contribution in [3.8, 4) is 0 Å². The summed E-state index contributed by atoms with van der Waals surface area (Å²) in [7, 11) is 0. The van der Waals surface area contributed by atoms with E-state index in [9.17, 15) is 14.4 Å². The lowest BCUT2D eigenvalue weighted by Crippen LogP contribution is -2.42. The van der Waals surface area contributed by atoms with Gasteiger partial charge in [-0.05, 0) is 50.4 Å². The Bertz CT molecular complexity index is 1400. The summed E-state index contributed by atoms with van der Waals surface area (Å²) < 4.78 is 9.28. The molecule has 4 aromatic rings. The third-order valence-electron chi connectivity index (χ3n) is 5.12. The lowest BCUT2D eigenvalue weighted by atomic mass is 10.3. The van der Waals surface area contributed by atoms with E-state index >= 15 is 0 Å². The van der Waals surface area contributed by atoms with Gasteiger partial charge in [-0.25, -0.2) is 4.79 Å². The number of carbonyl (C=O) groups is 1. The first-order valence-corrected chi connectivity index (χ1v) is 11.3. The lowest BCUT2D eigenvalue weighted by Gasteiger charge is -2.13. The summed E-state index contributed by atoms with van der Waals surface area (Å²) in [5.41, 5.74) is 0.743. The first-order chi connectivity index (χ1) is 15.4. The summed E-state index contributed by atoms with van der Waals surface area (Å²) in [5, 5.41) is 7.24. The molecule has 0 saturated carbocycles. The Morgan fingerprint density at radius 1 is 1.16 bits per heavy atom. The second kappa shape index (κ2) is 8.91. The highest BCUT2D eigenvalue weighted by Crippen LogP contribution is 2.19. The van der Waals surface area contributed by atoms with E-state index < -0.39 is 11.2 Å². The normalized spacial score (nSPS) is 11.2. The predicted molar refractivity (Wildman–Crippen MR) is 123 cm³/mol. The van der Waals surface area contributed by atoms with Crippen LogP contribution in [-0.2, 0) is 24.4 Å². The van der Waals surface area contributed by atoms with E-state index in [-0.39, 0.29) is 24.5 Å². The molecule has 0 aliphatic heterocycles. The fourth-order valence-electron chi connectivity index (χ4n) is 3.68. The van der Waals surface area contributed by atoms with Crippen molar-refractivity contribution in [1.82, 2.24) is 18.9 Å². The van der Waals surface area contributed by atoms with Gasteiger partial charge in [-0.15, -0.1) is 11.8 Å². The number of nitrogens with one attached hydrogen (secondary N) is 1. The summed E-state index contributed by atoms with van der Waals surface area (Å²) in [6.07, 6.45) is 3.43. The molecule has 1 N–H and O–H groups in total. The van der Waals surface area contributed by atoms with Crippen molar-refractivity contribution in [3.05, 3.63) is 75.0 Å². The number of benzene rings is 1. The lowest BCUT2D eigenvalue weighted by molar-refractivity contribution is -0.116. The zero-order valence-corrected chi connectivity index (χ0v) is 18.8. The van der Waals surface area contributed by atoms with Crippen LogP contribution < -0.4 is 16.6 Å². The zero-order valence-electron chi connectivity index (χ0n) is 18.0.